The number of ketones is 1. The molecule has 0 bridgehead atoms. The van der Waals surface area contributed by atoms with Crippen LogP contribution in [0.5, 0.6) is 5.75 Å². The van der Waals surface area contributed by atoms with Crippen LogP contribution in [-0.2, 0) is 6.42 Å². The molecule has 1 aromatic carbocycles. The Morgan fingerprint density at radius 1 is 1.27 bits per heavy atom. The van der Waals surface area contributed by atoms with Crippen molar-refractivity contribution in [3.8, 4) is 12.3 Å². The Morgan fingerprint density at radius 2 is 2.03 bits per heavy atom. The van der Waals surface area contributed by atoms with E-state index in [2.05, 4.69) is 16.8 Å². The molecule has 1 aliphatic carbocycles. The highest BCUT2D eigenvalue weighted by Crippen LogP contribution is 2.58. The van der Waals surface area contributed by atoms with Crippen molar-refractivity contribution < 1.29 is 15.0 Å². The zero-order valence-corrected chi connectivity index (χ0v) is 17.6. The molecular formula is C23H25ClN3O3+. The summed E-state index contributed by atoms with van der Waals surface area (Å²) < 4.78 is 0. The molecule has 1 aliphatic heterocycles. The highest BCUT2D eigenvalue weighted by molar-refractivity contribution is 6.31. The van der Waals surface area contributed by atoms with Crippen LogP contribution < -0.4 is 0 Å². The lowest BCUT2D eigenvalue weighted by Crippen LogP contribution is -2.39. The van der Waals surface area contributed by atoms with Crippen LogP contribution in [-0.4, -0.2) is 56.7 Å². The van der Waals surface area contributed by atoms with Crippen LogP contribution >= 0.6 is 11.6 Å². The van der Waals surface area contributed by atoms with Gasteiger partial charge in [0.15, 0.2) is 5.78 Å². The number of carbonyl (C=O) groups excluding carboxylic acids is 1. The second-order valence-electron chi connectivity index (χ2n) is 9.04. The van der Waals surface area contributed by atoms with E-state index in [9.17, 15) is 15.0 Å². The third-order valence-electron chi connectivity index (χ3n) is 6.65. The molecular weight excluding hydrogens is 402 g/mol. The van der Waals surface area contributed by atoms with Crippen molar-refractivity contribution in [2.75, 3.05) is 19.6 Å². The number of halogens is 1. The van der Waals surface area contributed by atoms with Gasteiger partial charge in [-0.2, -0.15) is 0 Å². The first kappa shape index (κ1) is 20.8. The highest BCUT2D eigenvalue weighted by atomic mass is 35.5. The van der Waals surface area contributed by atoms with Crippen molar-refractivity contribution in [3.05, 3.63) is 63.7 Å². The van der Waals surface area contributed by atoms with Gasteiger partial charge in [-0.25, -0.2) is 4.98 Å². The van der Waals surface area contributed by atoms with E-state index >= 15 is 0 Å². The number of pyridine rings is 1. The third kappa shape index (κ3) is 3.58. The van der Waals surface area contributed by atoms with Gasteiger partial charge >= 0.3 is 5.54 Å². The van der Waals surface area contributed by atoms with E-state index in [1.807, 2.05) is 29.2 Å². The monoisotopic (exact) mass is 426 g/mol. The molecule has 1 aromatic heterocycles. The molecule has 7 heteroatoms. The van der Waals surface area contributed by atoms with Crippen molar-refractivity contribution in [2.24, 2.45) is 5.41 Å². The van der Waals surface area contributed by atoms with E-state index in [1.165, 1.54) is 18.3 Å². The summed E-state index contributed by atoms with van der Waals surface area (Å²) in [7, 11) is 0. The van der Waals surface area contributed by atoms with Gasteiger partial charge in [0.05, 0.1) is 36.7 Å². The fraction of sp³-hybridized carbons (Fsp3) is 0.435. The maximum Gasteiger partial charge on any atom is 0.302 e. The van der Waals surface area contributed by atoms with E-state index in [-0.39, 0.29) is 23.5 Å². The first-order valence-corrected chi connectivity index (χ1v) is 10.3. The van der Waals surface area contributed by atoms with Crippen molar-refractivity contribution in [1.29, 1.82) is 0 Å². The summed E-state index contributed by atoms with van der Waals surface area (Å²) in [4.78, 5) is 22.9. The predicted molar refractivity (Wildman–Crippen MR) is 115 cm³/mol. The van der Waals surface area contributed by atoms with Gasteiger partial charge in [-0.05, 0) is 30.2 Å². The number of aromatic hydroxyl groups is 1. The minimum absolute atomic E-state index is 0.0217. The number of Topliss-reactive ketones (excluding diaryl/α,β-unsaturated/α-hetero) is 1. The lowest BCUT2D eigenvalue weighted by atomic mass is 9.77. The largest absolute Gasteiger partial charge is 0.506 e. The van der Waals surface area contributed by atoms with Gasteiger partial charge in [-0.1, -0.05) is 41.6 Å². The molecule has 4 rings (SSSR count). The van der Waals surface area contributed by atoms with E-state index < -0.39 is 11.1 Å². The predicted octanol–water partition coefficient (Wildman–Crippen LogP) is 3.41. The molecule has 6 nitrogen and oxygen atoms in total. The van der Waals surface area contributed by atoms with Gasteiger partial charge in [-0.3, -0.25) is 9.69 Å². The smallest absolute Gasteiger partial charge is 0.302 e. The number of likely N-dealkylation sites (tertiary alicyclic amines) is 1. The highest BCUT2D eigenvalue weighted by Gasteiger charge is 2.72. The van der Waals surface area contributed by atoms with E-state index in [1.54, 1.807) is 0 Å². The Morgan fingerprint density at radius 3 is 2.67 bits per heavy atom. The molecule has 1 saturated heterocycles. The third-order valence-corrected chi connectivity index (χ3v) is 7.02. The molecule has 1 saturated carbocycles. The quantitative estimate of drug-likeness (QED) is 0.716. The standard InChI is InChI=1S/C23H24ClN3O3/c1-21-12-22(30,9-16-5-3-4-6-18(16)24)13-23(21,25-2)15-27(14-21)11-20(29)19-8-7-17(28)10-26-19/h2-8,10,30H,9,11-15H2,1H3/p+1. The lowest BCUT2D eigenvalue weighted by Gasteiger charge is -2.27. The molecule has 2 fully saturated rings. The maximum atomic E-state index is 12.6. The van der Waals surface area contributed by atoms with Crippen molar-refractivity contribution in [2.45, 2.75) is 37.3 Å². The normalized spacial score (nSPS) is 30.7. The van der Waals surface area contributed by atoms with Crippen LogP contribution in [0.1, 0.15) is 35.8 Å². The lowest BCUT2D eigenvalue weighted by molar-refractivity contribution is 0.0291. The van der Waals surface area contributed by atoms with Gasteiger partial charge in [0, 0.05) is 18.0 Å². The molecule has 3 unspecified atom stereocenters. The van der Waals surface area contributed by atoms with Crippen molar-refractivity contribution in [3.63, 3.8) is 0 Å². The molecule has 0 spiro atoms. The molecule has 0 radical (unpaired) electrons. The Bertz CT molecular complexity index is 1020. The maximum absolute atomic E-state index is 12.6. The number of hydrogen-bond acceptors (Lipinski definition) is 5. The minimum Gasteiger partial charge on any atom is -0.506 e. The molecule has 3 atom stereocenters. The molecule has 2 aliphatic rings. The fourth-order valence-electron chi connectivity index (χ4n) is 5.39. The average molecular weight is 427 g/mol. The Kier molecular flexibility index (Phi) is 5.09. The number of hydrogen-bond donors (Lipinski definition) is 2. The summed E-state index contributed by atoms with van der Waals surface area (Å²) in [5.74, 6) is -0.106. The first-order valence-electron chi connectivity index (χ1n) is 9.96. The number of carbonyl (C=O) groups is 1. The fourth-order valence-corrected chi connectivity index (χ4v) is 5.59. The van der Waals surface area contributed by atoms with Gasteiger partial charge in [0.25, 0.3) is 6.57 Å². The Hall–Kier alpha value is -2.46. The molecule has 0 amide bonds. The topological polar surface area (TPSA) is 78.0 Å². The van der Waals surface area contributed by atoms with E-state index in [0.29, 0.717) is 43.1 Å². The van der Waals surface area contributed by atoms with Crippen LogP contribution in [0.2, 0.25) is 5.02 Å². The van der Waals surface area contributed by atoms with Gasteiger partial charge in [0.1, 0.15) is 11.4 Å². The van der Waals surface area contributed by atoms with Crippen LogP contribution in [0.4, 0.5) is 0 Å². The summed E-state index contributed by atoms with van der Waals surface area (Å²) in [6, 6.07) is 10.5. The number of aromatic nitrogens is 1. The van der Waals surface area contributed by atoms with Gasteiger partial charge < -0.3 is 10.2 Å². The summed E-state index contributed by atoms with van der Waals surface area (Å²) in [6.45, 7) is 9.26. The average Bonchev–Trinajstić information content (AvgIpc) is 3.06. The van der Waals surface area contributed by atoms with E-state index in [4.69, 9.17) is 18.2 Å². The molecule has 2 aromatic rings. The van der Waals surface area contributed by atoms with Crippen LogP contribution in [0, 0.1) is 12.0 Å². The van der Waals surface area contributed by atoms with Crippen LogP contribution in [0.25, 0.3) is 4.85 Å². The molecule has 2 heterocycles. The second-order valence-corrected chi connectivity index (χ2v) is 9.44. The number of benzene rings is 1. The summed E-state index contributed by atoms with van der Waals surface area (Å²) >= 11 is 6.31. The number of nitrogens with zero attached hydrogens (tertiary/aromatic N) is 3. The minimum atomic E-state index is -0.961. The molecule has 156 valence electrons. The molecule has 30 heavy (non-hydrogen) atoms. The summed E-state index contributed by atoms with van der Waals surface area (Å²) in [6.07, 6.45) is 2.64. The van der Waals surface area contributed by atoms with Crippen LogP contribution in [0.3, 0.4) is 0 Å². The molecule has 2 N–H and O–H groups in total. The van der Waals surface area contributed by atoms with Crippen molar-refractivity contribution in [1.82, 2.24) is 9.88 Å². The first-order chi connectivity index (χ1) is 14.2. The number of fused-ring (bicyclic) bond motifs is 1. The van der Waals surface area contributed by atoms with Gasteiger partial charge in [-0.15, -0.1) is 0 Å². The number of aliphatic hydroxyl groups is 1. The van der Waals surface area contributed by atoms with E-state index in [0.717, 1.165) is 5.56 Å². The summed E-state index contributed by atoms with van der Waals surface area (Å²) in [5.41, 5.74) is -0.740. The SMILES string of the molecule is C#[N+]C12CN(CC(=O)c3ccc(O)cn3)CC1(C)CC(O)(Cc1ccccc1Cl)C2. The summed E-state index contributed by atoms with van der Waals surface area (Å²) in [5, 5.41) is 21.4. The Labute approximate surface area is 180 Å². The van der Waals surface area contributed by atoms with Crippen LogP contribution in [0.15, 0.2) is 42.6 Å². The van der Waals surface area contributed by atoms with Gasteiger partial charge in [0.2, 0.25) is 0 Å². The zero-order valence-electron chi connectivity index (χ0n) is 16.9. The van der Waals surface area contributed by atoms with Crippen molar-refractivity contribution >= 4 is 17.4 Å². The second kappa shape index (κ2) is 7.35. The number of rotatable bonds is 5. The Balaban J connectivity index is 1.50. The zero-order chi connectivity index (χ0) is 21.6.